The molecule has 0 saturated carbocycles. The molecule has 0 aromatic heterocycles. The summed E-state index contributed by atoms with van der Waals surface area (Å²) in [5, 5.41) is 0. The summed E-state index contributed by atoms with van der Waals surface area (Å²) in [5.74, 6) is 0.881. The van der Waals surface area contributed by atoms with Crippen molar-refractivity contribution in [3.05, 3.63) is 29.8 Å². The lowest BCUT2D eigenvalue weighted by Crippen LogP contribution is -2.53. The Morgan fingerprint density at radius 1 is 1.15 bits per heavy atom. The van der Waals surface area contributed by atoms with Crippen LogP contribution in [0.25, 0.3) is 0 Å². The lowest BCUT2D eigenvalue weighted by Gasteiger charge is -2.39. The zero-order valence-electron chi connectivity index (χ0n) is 12.9. The Bertz CT molecular complexity index is 412. The number of nitrogens with zero attached hydrogens (tertiary/aromatic N) is 2. The summed E-state index contributed by atoms with van der Waals surface area (Å²) in [6.45, 7) is 7.55. The van der Waals surface area contributed by atoms with Crippen LogP contribution in [0.1, 0.15) is 18.9 Å². The molecule has 0 aliphatic carbocycles. The van der Waals surface area contributed by atoms with E-state index in [1.807, 2.05) is 12.1 Å². The Kier molecular flexibility index (Phi) is 5.02. The molecular weight excluding hydrogens is 250 g/mol. The summed E-state index contributed by atoms with van der Waals surface area (Å²) >= 11 is 0. The number of nitrogens with two attached hydrogens (primary N) is 1. The molecular formula is C16H27N3O. The maximum atomic E-state index is 6.68. The molecule has 0 bridgehead atoms. The standard InChI is InChI=1S/C16H27N3O/c1-4-16(17,13-19-11-9-18(2)10-12-19)14-5-7-15(20-3)8-6-14/h5-8H,4,9-13,17H2,1-3H3. The largest absolute Gasteiger partial charge is 0.497 e. The molecule has 20 heavy (non-hydrogen) atoms. The van der Waals surface area contributed by atoms with Crippen LogP contribution in [-0.4, -0.2) is 56.7 Å². The van der Waals surface area contributed by atoms with E-state index in [-0.39, 0.29) is 5.54 Å². The van der Waals surface area contributed by atoms with E-state index in [0.717, 1.165) is 44.9 Å². The predicted octanol–water partition coefficient (Wildman–Crippen LogP) is 1.51. The topological polar surface area (TPSA) is 41.7 Å². The minimum atomic E-state index is -0.276. The second kappa shape index (κ2) is 6.57. The highest BCUT2D eigenvalue weighted by Gasteiger charge is 2.29. The van der Waals surface area contributed by atoms with Gasteiger partial charge in [0, 0.05) is 32.7 Å². The molecule has 0 radical (unpaired) electrons. The van der Waals surface area contributed by atoms with Crippen LogP contribution in [0, 0.1) is 0 Å². The summed E-state index contributed by atoms with van der Waals surface area (Å²) in [6.07, 6.45) is 0.936. The maximum absolute atomic E-state index is 6.68. The average molecular weight is 277 g/mol. The van der Waals surface area contributed by atoms with Gasteiger partial charge in [-0.25, -0.2) is 0 Å². The van der Waals surface area contributed by atoms with Gasteiger partial charge in [-0.1, -0.05) is 19.1 Å². The number of benzene rings is 1. The first kappa shape index (κ1) is 15.3. The second-order valence-electron chi connectivity index (χ2n) is 5.82. The highest BCUT2D eigenvalue weighted by atomic mass is 16.5. The van der Waals surface area contributed by atoms with Crippen molar-refractivity contribution >= 4 is 0 Å². The zero-order valence-corrected chi connectivity index (χ0v) is 12.9. The lowest BCUT2D eigenvalue weighted by atomic mass is 9.87. The number of likely N-dealkylation sites (N-methyl/N-ethyl adjacent to an activating group) is 1. The molecule has 0 amide bonds. The molecule has 4 heteroatoms. The third-order valence-electron chi connectivity index (χ3n) is 4.40. The number of hydrogen-bond donors (Lipinski definition) is 1. The van der Waals surface area contributed by atoms with Gasteiger partial charge in [-0.2, -0.15) is 0 Å². The van der Waals surface area contributed by atoms with Gasteiger partial charge in [0.1, 0.15) is 5.75 Å². The quantitative estimate of drug-likeness (QED) is 0.886. The molecule has 1 aliphatic rings. The van der Waals surface area contributed by atoms with E-state index >= 15 is 0 Å². The molecule has 1 aliphatic heterocycles. The van der Waals surface area contributed by atoms with Gasteiger partial charge >= 0.3 is 0 Å². The molecule has 1 saturated heterocycles. The Morgan fingerprint density at radius 3 is 2.25 bits per heavy atom. The minimum Gasteiger partial charge on any atom is -0.497 e. The monoisotopic (exact) mass is 277 g/mol. The first-order valence-corrected chi connectivity index (χ1v) is 7.41. The maximum Gasteiger partial charge on any atom is 0.118 e. The fraction of sp³-hybridized carbons (Fsp3) is 0.625. The molecule has 2 rings (SSSR count). The summed E-state index contributed by atoms with van der Waals surface area (Å²) in [5.41, 5.74) is 7.60. The number of piperazine rings is 1. The van der Waals surface area contributed by atoms with Gasteiger partial charge in [0.2, 0.25) is 0 Å². The van der Waals surface area contributed by atoms with Crippen molar-refractivity contribution < 1.29 is 4.74 Å². The van der Waals surface area contributed by atoms with Crippen molar-refractivity contribution in [1.82, 2.24) is 9.80 Å². The van der Waals surface area contributed by atoms with Gasteiger partial charge in [-0.15, -0.1) is 0 Å². The van der Waals surface area contributed by atoms with Gasteiger partial charge in [0.25, 0.3) is 0 Å². The van der Waals surface area contributed by atoms with Gasteiger partial charge in [0.15, 0.2) is 0 Å². The highest BCUT2D eigenvalue weighted by molar-refractivity contribution is 5.32. The van der Waals surface area contributed by atoms with Crippen LogP contribution in [0.2, 0.25) is 0 Å². The highest BCUT2D eigenvalue weighted by Crippen LogP contribution is 2.25. The molecule has 1 heterocycles. The molecule has 1 atom stereocenters. The third kappa shape index (κ3) is 3.51. The molecule has 1 fully saturated rings. The molecule has 112 valence electrons. The number of hydrogen-bond acceptors (Lipinski definition) is 4. The van der Waals surface area contributed by atoms with Crippen LogP contribution in [0.4, 0.5) is 0 Å². The van der Waals surface area contributed by atoms with Crippen LogP contribution in [0.15, 0.2) is 24.3 Å². The van der Waals surface area contributed by atoms with Crippen molar-refractivity contribution in [3.63, 3.8) is 0 Å². The van der Waals surface area contributed by atoms with E-state index in [1.165, 1.54) is 5.56 Å². The second-order valence-corrected chi connectivity index (χ2v) is 5.82. The summed E-state index contributed by atoms with van der Waals surface area (Å²) in [7, 11) is 3.87. The van der Waals surface area contributed by atoms with E-state index in [4.69, 9.17) is 10.5 Å². The molecule has 1 unspecified atom stereocenters. The minimum absolute atomic E-state index is 0.276. The van der Waals surface area contributed by atoms with E-state index < -0.39 is 0 Å². The average Bonchev–Trinajstić information content (AvgIpc) is 2.49. The first-order chi connectivity index (χ1) is 9.57. The Balaban J connectivity index is 2.07. The van der Waals surface area contributed by atoms with Crippen molar-refractivity contribution in [3.8, 4) is 5.75 Å². The molecule has 4 nitrogen and oxygen atoms in total. The summed E-state index contributed by atoms with van der Waals surface area (Å²) in [4.78, 5) is 4.85. The van der Waals surface area contributed by atoms with Crippen LogP contribution in [0.3, 0.4) is 0 Å². The fourth-order valence-electron chi connectivity index (χ4n) is 2.74. The number of methoxy groups -OCH3 is 1. The van der Waals surface area contributed by atoms with Gasteiger partial charge < -0.3 is 15.4 Å². The predicted molar refractivity (Wildman–Crippen MR) is 83.1 cm³/mol. The van der Waals surface area contributed by atoms with E-state index in [1.54, 1.807) is 7.11 Å². The van der Waals surface area contributed by atoms with E-state index in [2.05, 4.69) is 35.9 Å². The SMILES string of the molecule is CCC(N)(CN1CCN(C)CC1)c1ccc(OC)cc1. The van der Waals surface area contributed by atoms with Crippen molar-refractivity contribution in [1.29, 1.82) is 0 Å². The summed E-state index contributed by atoms with van der Waals surface area (Å²) in [6, 6.07) is 8.18. The number of ether oxygens (including phenoxy) is 1. The smallest absolute Gasteiger partial charge is 0.118 e. The zero-order chi connectivity index (χ0) is 14.6. The number of rotatable bonds is 5. The molecule has 1 aromatic carbocycles. The van der Waals surface area contributed by atoms with Crippen molar-refractivity contribution in [2.75, 3.05) is 46.9 Å². The normalized spacial score (nSPS) is 20.6. The third-order valence-corrected chi connectivity index (χ3v) is 4.40. The van der Waals surface area contributed by atoms with Crippen LogP contribution >= 0.6 is 0 Å². The van der Waals surface area contributed by atoms with Crippen molar-refractivity contribution in [2.24, 2.45) is 5.73 Å². The van der Waals surface area contributed by atoms with Crippen LogP contribution in [-0.2, 0) is 5.54 Å². The van der Waals surface area contributed by atoms with Crippen LogP contribution in [0.5, 0.6) is 5.75 Å². The van der Waals surface area contributed by atoms with Crippen molar-refractivity contribution in [2.45, 2.75) is 18.9 Å². The Hall–Kier alpha value is -1.10. The molecule has 0 spiro atoms. The fourth-order valence-corrected chi connectivity index (χ4v) is 2.74. The lowest BCUT2D eigenvalue weighted by molar-refractivity contribution is 0.124. The Labute approximate surface area is 122 Å². The van der Waals surface area contributed by atoms with E-state index in [0.29, 0.717) is 0 Å². The summed E-state index contributed by atoms with van der Waals surface area (Å²) < 4.78 is 5.22. The first-order valence-electron chi connectivity index (χ1n) is 7.41. The van der Waals surface area contributed by atoms with E-state index in [9.17, 15) is 0 Å². The molecule has 1 aromatic rings. The van der Waals surface area contributed by atoms with Gasteiger partial charge in [-0.3, -0.25) is 4.90 Å². The van der Waals surface area contributed by atoms with Gasteiger partial charge in [0.05, 0.1) is 12.6 Å². The van der Waals surface area contributed by atoms with Crippen LogP contribution < -0.4 is 10.5 Å². The van der Waals surface area contributed by atoms with Gasteiger partial charge in [-0.05, 0) is 31.2 Å². The Morgan fingerprint density at radius 2 is 1.75 bits per heavy atom. The molecule has 2 N–H and O–H groups in total.